The Morgan fingerprint density at radius 1 is 0.214 bits per heavy atom. The summed E-state index contributed by atoms with van der Waals surface area (Å²) in [4.78, 5) is 15.5. The van der Waals surface area contributed by atoms with Gasteiger partial charge in [0.25, 0.3) is 0 Å². The molecule has 0 bridgehead atoms. The third-order valence-electron chi connectivity index (χ3n) is 11.1. The van der Waals surface area contributed by atoms with Crippen molar-refractivity contribution in [2.24, 2.45) is 0 Å². The Bertz CT molecular complexity index is 3260. The van der Waals surface area contributed by atoms with Gasteiger partial charge in [-0.2, -0.15) is 0 Å². The van der Waals surface area contributed by atoms with E-state index in [1.54, 1.807) is 0 Å². The molecule has 56 heavy (non-hydrogen) atoms. The normalized spacial score (nSPS) is 11.6. The van der Waals surface area contributed by atoms with Gasteiger partial charge in [-0.3, -0.25) is 0 Å². The van der Waals surface area contributed by atoms with Crippen LogP contribution in [0.15, 0.2) is 200 Å². The highest BCUT2D eigenvalue weighted by Crippen LogP contribution is 2.43. The number of para-hydroxylation sites is 2. The van der Waals surface area contributed by atoms with Gasteiger partial charge in [-0.1, -0.05) is 188 Å². The second-order valence-corrected chi connectivity index (χ2v) is 14.3. The van der Waals surface area contributed by atoms with Crippen molar-refractivity contribution in [3.8, 4) is 56.2 Å². The Balaban J connectivity index is 0.975. The standard InChI is InChI=1S/C53H33N3/c1-2-12-34(13-3-1)35-26-32-40(33-27-35)53-55-48-21-11-9-19-46(48)51(56-53)38-28-22-36(23-29-38)37-24-30-39(31-25-37)52-50-44-17-7-5-15-42(44)41-14-4-6-16-43(41)49(50)45-18-8-10-20-47(45)54-52/h1-33H. The van der Waals surface area contributed by atoms with Gasteiger partial charge in [0, 0.05) is 38.2 Å². The molecule has 0 fully saturated rings. The van der Waals surface area contributed by atoms with E-state index in [1.807, 2.05) is 12.1 Å². The summed E-state index contributed by atoms with van der Waals surface area (Å²) >= 11 is 0. The highest BCUT2D eigenvalue weighted by atomic mass is 14.9. The van der Waals surface area contributed by atoms with Gasteiger partial charge in [-0.05, 0) is 55.9 Å². The number of fused-ring (bicyclic) bond motifs is 9. The number of pyridine rings is 1. The average Bonchev–Trinajstić information content (AvgIpc) is 3.29. The molecular formula is C53H33N3. The summed E-state index contributed by atoms with van der Waals surface area (Å²) in [6.45, 7) is 0. The second kappa shape index (κ2) is 13.1. The molecule has 0 saturated carbocycles. The summed E-state index contributed by atoms with van der Waals surface area (Å²) < 4.78 is 0. The number of hydrogen-bond donors (Lipinski definition) is 0. The first-order valence-electron chi connectivity index (χ1n) is 19.0. The van der Waals surface area contributed by atoms with Crippen molar-refractivity contribution in [1.82, 2.24) is 15.0 Å². The molecule has 9 aromatic carbocycles. The van der Waals surface area contributed by atoms with E-state index < -0.39 is 0 Å². The van der Waals surface area contributed by atoms with Crippen LogP contribution < -0.4 is 0 Å². The molecule has 11 rings (SSSR count). The van der Waals surface area contributed by atoms with Crippen LogP contribution in [0.3, 0.4) is 0 Å². The molecule has 11 aromatic rings. The maximum absolute atomic E-state index is 5.34. The lowest BCUT2D eigenvalue weighted by molar-refractivity contribution is 1.23. The van der Waals surface area contributed by atoms with Crippen LogP contribution in [0, 0.1) is 0 Å². The minimum Gasteiger partial charge on any atom is -0.247 e. The molecule has 0 amide bonds. The fourth-order valence-electron chi connectivity index (χ4n) is 8.34. The molecule has 3 nitrogen and oxygen atoms in total. The van der Waals surface area contributed by atoms with Crippen LogP contribution in [0.1, 0.15) is 0 Å². The van der Waals surface area contributed by atoms with E-state index in [-0.39, 0.29) is 0 Å². The van der Waals surface area contributed by atoms with Gasteiger partial charge in [-0.15, -0.1) is 0 Å². The summed E-state index contributed by atoms with van der Waals surface area (Å²) in [5.74, 6) is 0.716. The number of hydrogen-bond acceptors (Lipinski definition) is 3. The number of nitrogens with zero attached hydrogens (tertiary/aromatic N) is 3. The summed E-state index contributed by atoms with van der Waals surface area (Å²) in [7, 11) is 0. The Morgan fingerprint density at radius 2 is 0.607 bits per heavy atom. The lowest BCUT2D eigenvalue weighted by Gasteiger charge is -2.16. The first kappa shape index (κ1) is 32.0. The molecule has 2 heterocycles. The van der Waals surface area contributed by atoms with Crippen LogP contribution in [-0.4, -0.2) is 15.0 Å². The lowest BCUT2D eigenvalue weighted by atomic mass is 9.89. The number of rotatable bonds is 5. The van der Waals surface area contributed by atoms with Crippen LogP contribution in [0.5, 0.6) is 0 Å². The van der Waals surface area contributed by atoms with Crippen molar-refractivity contribution < 1.29 is 0 Å². The first-order chi connectivity index (χ1) is 27.8. The highest BCUT2D eigenvalue weighted by molar-refractivity contribution is 6.33. The van der Waals surface area contributed by atoms with Crippen molar-refractivity contribution in [2.75, 3.05) is 0 Å². The molecule has 3 heteroatoms. The minimum atomic E-state index is 0.716. The quantitative estimate of drug-likeness (QED) is 0.167. The SMILES string of the molecule is c1ccc(-c2ccc(-c3nc(-c4ccc(-c5ccc(-c6nc7ccccc7c7c8ccccc8c8ccccc8c67)cc5)cc4)c4ccccc4n3)cc2)cc1. The zero-order valence-electron chi connectivity index (χ0n) is 30.4. The molecular weight excluding hydrogens is 679 g/mol. The maximum Gasteiger partial charge on any atom is 0.160 e. The van der Waals surface area contributed by atoms with Crippen molar-refractivity contribution in [3.63, 3.8) is 0 Å². The maximum atomic E-state index is 5.34. The molecule has 0 saturated heterocycles. The molecule has 0 radical (unpaired) electrons. The Morgan fingerprint density at radius 3 is 1.20 bits per heavy atom. The summed E-state index contributed by atoms with van der Waals surface area (Å²) in [5, 5.41) is 9.64. The third kappa shape index (κ3) is 5.32. The van der Waals surface area contributed by atoms with Crippen LogP contribution in [0.4, 0.5) is 0 Å². The summed E-state index contributed by atoms with van der Waals surface area (Å²) in [5.41, 5.74) is 11.6. The predicted molar refractivity (Wildman–Crippen MR) is 235 cm³/mol. The van der Waals surface area contributed by atoms with E-state index in [0.29, 0.717) is 5.82 Å². The first-order valence-corrected chi connectivity index (χ1v) is 19.0. The van der Waals surface area contributed by atoms with Crippen molar-refractivity contribution in [3.05, 3.63) is 200 Å². The predicted octanol–water partition coefficient (Wildman–Crippen LogP) is 14.0. The molecule has 0 aliphatic heterocycles. The molecule has 0 spiro atoms. The zero-order valence-corrected chi connectivity index (χ0v) is 30.4. The Kier molecular flexibility index (Phi) is 7.49. The van der Waals surface area contributed by atoms with Gasteiger partial charge >= 0.3 is 0 Å². The van der Waals surface area contributed by atoms with Crippen LogP contribution in [0.25, 0.3) is 110 Å². The number of benzene rings is 9. The van der Waals surface area contributed by atoms with E-state index >= 15 is 0 Å². The van der Waals surface area contributed by atoms with Crippen LogP contribution in [0.2, 0.25) is 0 Å². The van der Waals surface area contributed by atoms with E-state index in [9.17, 15) is 0 Å². The smallest absolute Gasteiger partial charge is 0.160 e. The topological polar surface area (TPSA) is 38.7 Å². The summed E-state index contributed by atoms with van der Waals surface area (Å²) in [6.07, 6.45) is 0. The van der Waals surface area contributed by atoms with Crippen LogP contribution in [-0.2, 0) is 0 Å². The summed E-state index contributed by atoms with van der Waals surface area (Å²) in [6, 6.07) is 70.9. The monoisotopic (exact) mass is 711 g/mol. The third-order valence-corrected chi connectivity index (χ3v) is 11.1. The van der Waals surface area contributed by atoms with Gasteiger partial charge < -0.3 is 0 Å². The van der Waals surface area contributed by atoms with Gasteiger partial charge in [0.2, 0.25) is 0 Å². The number of aromatic nitrogens is 3. The van der Waals surface area contributed by atoms with Crippen molar-refractivity contribution in [1.29, 1.82) is 0 Å². The fraction of sp³-hybridized carbons (Fsp3) is 0. The molecule has 0 N–H and O–H groups in total. The lowest BCUT2D eigenvalue weighted by Crippen LogP contribution is -1.95. The van der Waals surface area contributed by atoms with Gasteiger partial charge in [-0.25, -0.2) is 15.0 Å². The Hall–Kier alpha value is -7.49. The molecule has 0 aliphatic carbocycles. The van der Waals surface area contributed by atoms with E-state index in [1.165, 1.54) is 48.8 Å². The second-order valence-electron chi connectivity index (χ2n) is 14.3. The van der Waals surface area contributed by atoms with E-state index in [0.717, 1.165) is 55.6 Å². The van der Waals surface area contributed by atoms with Gasteiger partial charge in [0.05, 0.1) is 22.4 Å². The van der Waals surface area contributed by atoms with Gasteiger partial charge in [0.15, 0.2) is 5.82 Å². The van der Waals surface area contributed by atoms with Gasteiger partial charge in [0.1, 0.15) is 0 Å². The zero-order chi connectivity index (χ0) is 37.0. The van der Waals surface area contributed by atoms with E-state index in [2.05, 4.69) is 188 Å². The van der Waals surface area contributed by atoms with E-state index in [4.69, 9.17) is 15.0 Å². The average molecular weight is 712 g/mol. The molecule has 0 aliphatic rings. The molecule has 2 aromatic heterocycles. The molecule has 0 unspecified atom stereocenters. The molecule has 0 atom stereocenters. The van der Waals surface area contributed by atoms with Crippen molar-refractivity contribution in [2.45, 2.75) is 0 Å². The Labute approximate surface area is 324 Å². The minimum absolute atomic E-state index is 0.716. The van der Waals surface area contributed by atoms with Crippen LogP contribution >= 0.6 is 0 Å². The largest absolute Gasteiger partial charge is 0.247 e. The fourth-order valence-corrected chi connectivity index (χ4v) is 8.34. The molecule has 260 valence electrons. The highest BCUT2D eigenvalue weighted by Gasteiger charge is 2.18. The van der Waals surface area contributed by atoms with Crippen molar-refractivity contribution >= 4 is 54.1 Å².